The van der Waals surface area contributed by atoms with Crippen LogP contribution in [0, 0.1) is 5.92 Å². The number of rotatable bonds is 9. The van der Waals surface area contributed by atoms with E-state index in [4.69, 9.17) is 4.42 Å². The van der Waals surface area contributed by atoms with Crippen molar-refractivity contribution < 1.29 is 26.0 Å². The van der Waals surface area contributed by atoms with Crippen molar-refractivity contribution in [3.05, 3.63) is 48.5 Å². The molecule has 2 aromatic carbocycles. The summed E-state index contributed by atoms with van der Waals surface area (Å²) in [7, 11) is -7.07. The van der Waals surface area contributed by atoms with Gasteiger partial charge >= 0.3 is 0 Å². The van der Waals surface area contributed by atoms with Gasteiger partial charge in [-0.1, -0.05) is 18.7 Å². The van der Waals surface area contributed by atoms with Crippen molar-refractivity contribution in [1.29, 1.82) is 0 Å². The fourth-order valence-electron chi connectivity index (χ4n) is 4.78. The van der Waals surface area contributed by atoms with Crippen LogP contribution in [0.25, 0.3) is 11.5 Å². The highest BCUT2D eigenvalue weighted by atomic mass is 32.2. The molecular weight excluding hydrogens is 575 g/mol. The average molecular weight is 606 g/mol. The maximum absolute atomic E-state index is 12.9. The van der Waals surface area contributed by atoms with Crippen LogP contribution < -0.4 is 5.32 Å². The molecule has 1 N–H and O–H groups in total. The number of sulfonamides is 2. The van der Waals surface area contributed by atoms with Gasteiger partial charge in [0.2, 0.25) is 31.8 Å². The zero-order valence-corrected chi connectivity index (χ0v) is 24.5. The Hall–Kier alpha value is -2.78. The van der Waals surface area contributed by atoms with Crippen LogP contribution in [0.5, 0.6) is 0 Å². The van der Waals surface area contributed by atoms with Crippen LogP contribution in [0.2, 0.25) is 0 Å². The molecule has 0 bridgehead atoms. The summed E-state index contributed by atoms with van der Waals surface area (Å²) in [5, 5.41) is 10.9. The maximum atomic E-state index is 12.9. The second-order valence-electron chi connectivity index (χ2n) is 9.98. The van der Waals surface area contributed by atoms with E-state index in [1.807, 2.05) is 0 Å². The quantitative estimate of drug-likeness (QED) is 0.361. The molecule has 0 aliphatic carbocycles. The van der Waals surface area contributed by atoms with Crippen molar-refractivity contribution in [1.82, 2.24) is 18.8 Å². The third kappa shape index (κ3) is 6.41. The van der Waals surface area contributed by atoms with Gasteiger partial charge in [-0.05, 0) is 80.1 Å². The Bertz CT molecular complexity index is 1550. The summed E-state index contributed by atoms with van der Waals surface area (Å²) in [6.07, 6.45) is 3.61. The van der Waals surface area contributed by atoms with E-state index in [2.05, 4.69) is 22.4 Å². The number of amides is 1. The predicted molar refractivity (Wildman–Crippen MR) is 151 cm³/mol. The number of nitrogens with one attached hydrogen (secondary N) is 1. The van der Waals surface area contributed by atoms with E-state index < -0.39 is 20.0 Å². The number of hydrogen-bond acceptors (Lipinski definition) is 9. The van der Waals surface area contributed by atoms with Gasteiger partial charge in [0.05, 0.1) is 15.5 Å². The van der Waals surface area contributed by atoms with Crippen LogP contribution in [0.1, 0.15) is 32.6 Å². The van der Waals surface area contributed by atoms with Gasteiger partial charge in [-0.2, -0.15) is 8.61 Å². The molecule has 2 saturated heterocycles. The summed E-state index contributed by atoms with van der Waals surface area (Å²) in [5.74, 6) is 0.230. The number of carbonyl (C=O) groups excluding carboxylic acids is 1. The largest absolute Gasteiger partial charge is 0.411 e. The van der Waals surface area contributed by atoms with Gasteiger partial charge < -0.3 is 9.73 Å². The lowest BCUT2D eigenvalue weighted by atomic mass is 10.0. The van der Waals surface area contributed by atoms with E-state index in [9.17, 15) is 21.6 Å². The van der Waals surface area contributed by atoms with Crippen LogP contribution >= 0.6 is 11.8 Å². The molecule has 14 heteroatoms. The fourth-order valence-corrected chi connectivity index (χ4v) is 8.46. The minimum Gasteiger partial charge on any atom is -0.411 e. The van der Waals surface area contributed by atoms with Gasteiger partial charge in [0.15, 0.2) is 0 Å². The Morgan fingerprint density at radius 2 is 1.50 bits per heavy atom. The molecule has 2 aliphatic heterocycles. The molecule has 1 atom stereocenters. The summed E-state index contributed by atoms with van der Waals surface area (Å²) >= 11 is 1.06. The Morgan fingerprint density at radius 3 is 2.15 bits per heavy atom. The van der Waals surface area contributed by atoms with Crippen LogP contribution in [0.4, 0.5) is 5.69 Å². The first-order valence-corrected chi connectivity index (χ1v) is 17.0. The minimum absolute atomic E-state index is 0.000363. The minimum atomic E-state index is -3.56. The first kappa shape index (κ1) is 28.7. The number of hydrogen-bond donors (Lipinski definition) is 1. The predicted octanol–water partition coefficient (Wildman–Crippen LogP) is 3.67. The molecular formula is C26H31N5O6S3. The smallest absolute Gasteiger partial charge is 0.277 e. The summed E-state index contributed by atoms with van der Waals surface area (Å²) in [5.41, 5.74) is 1.05. The molecule has 1 aromatic heterocycles. The molecule has 214 valence electrons. The Labute approximate surface area is 238 Å². The zero-order valence-electron chi connectivity index (χ0n) is 22.0. The molecule has 5 rings (SSSR count). The Balaban J connectivity index is 1.14. The van der Waals surface area contributed by atoms with Gasteiger partial charge in [0.25, 0.3) is 5.22 Å². The molecule has 0 spiro atoms. The van der Waals surface area contributed by atoms with Gasteiger partial charge in [-0.3, -0.25) is 4.79 Å². The lowest BCUT2D eigenvalue weighted by molar-refractivity contribution is -0.113. The van der Waals surface area contributed by atoms with Crippen LogP contribution in [0.15, 0.2) is 68.0 Å². The van der Waals surface area contributed by atoms with Crippen molar-refractivity contribution >= 4 is 43.4 Å². The number of carbonyl (C=O) groups is 1. The van der Waals surface area contributed by atoms with Crippen molar-refractivity contribution in [2.45, 2.75) is 47.6 Å². The van der Waals surface area contributed by atoms with Crippen molar-refractivity contribution in [2.24, 2.45) is 5.92 Å². The van der Waals surface area contributed by atoms with E-state index in [-0.39, 0.29) is 32.6 Å². The molecule has 0 radical (unpaired) electrons. The third-order valence-corrected chi connectivity index (χ3v) is 11.5. The molecule has 0 unspecified atom stereocenters. The molecule has 2 fully saturated rings. The number of thioether (sulfide) groups is 1. The number of anilines is 1. The van der Waals surface area contributed by atoms with E-state index >= 15 is 0 Å². The lowest BCUT2D eigenvalue weighted by Gasteiger charge is -2.30. The number of benzene rings is 2. The second-order valence-corrected chi connectivity index (χ2v) is 14.8. The summed E-state index contributed by atoms with van der Waals surface area (Å²) in [6.45, 7) is 4.16. The molecule has 40 heavy (non-hydrogen) atoms. The fraction of sp³-hybridized carbons (Fsp3) is 0.423. The van der Waals surface area contributed by atoms with Crippen LogP contribution in [-0.2, 0) is 24.8 Å². The summed E-state index contributed by atoms with van der Waals surface area (Å²) in [4.78, 5) is 12.9. The Morgan fingerprint density at radius 1 is 0.900 bits per heavy atom. The highest BCUT2D eigenvalue weighted by Crippen LogP contribution is 2.27. The highest BCUT2D eigenvalue weighted by molar-refractivity contribution is 7.99. The van der Waals surface area contributed by atoms with Crippen LogP contribution in [0.3, 0.4) is 0 Å². The first-order chi connectivity index (χ1) is 19.1. The van der Waals surface area contributed by atoms with E-state index in [1.54, 1.807) is 24.3 Å². The number of piperidine rings is 1. The normalized spacial score (nSPS) is 19.1. The monoisotopic (exact) mass is 605 g/mol. The molecule has 11 nitrogen and oxygen atoms in total. The SMILES string of the molecule is C[C@H]1CCCN(S(=O)(=O)c2ccc(NC(=O)CSc3nnc(-c4ccc(S(=O)(=O)N5CCCC5)cc4)o3)cc2)C1. The van der Waals surface area contributed by atoms with Gasteiger partial charge in [-0.15, -0.1) is 10.2 Å². The average Bonchev–Trinajstić information content (AvgIpc) is 3.66. The maximum Gasteiger partial charge on any atom is 0.277 e. The lowest BCUT2D eigenvalue weighted by Crippen LogP contribution is -2.39. The van der Waals surface area contributed by atoms with Crippen LogP contribution in [-0.4, -0.2) is 73.5 Å². The van der Waals surface area contributed by atoms with Crippen molar-refractivity contribution in [3.8, 4) is 11.5 Å². The molecule has 0 saturated carbocycles. The topological polar surface area (TPSA) is 143 Å². The van der Waals surface area contributed by atoms with Crippen molar-refractivity contribution in [3.63, 3.8) is 0 Å². The third-order valence-electron chi connectivity index (χ3n) is 6.93. The van der Waals surface area contributed by atoms with Gasteiger partial charge in [0.1, 0.15) is 0 Å². The first-order valence-electron chi connectivity index (χ1n) is 13.1. The zero-order chi connectivity index (χ0) is 28.3. The molecule has 1 amide bonds. The second kappa shape index (κ2) is 12.0. The molecule has 3 aromatic rings. The Kier molecular flexibility index (Phi) is 8.61. The van der Waals surface area contributed by atoms with Gasteiger partial charge in [-0.25, -0.2) is 16.8 Å². The van der Waals surface area contributed by atoms with Crippen molar-refractivity contribution in [2.75, 3.05) is 37.2 Å². The van der Waals surface area contributed by atoms with E-state index in [1.165, 1.54) is 32.9 Å². The number of nitrogens with zero attached hydrogens (tertiary/aromatic N) is 4. The van der Waals surface area contributed by atoms with E-state index in [0.29, 0.717) is 43.3 Å². The molecule has 3 heterocycles. The summed E-state index contributed by atoms with van der Waals surface area (Å²) in [6, 6.07) is 12.4. The van der Waals surface area contributed by atoms with E-state index in [0.717, 1.165) is 37.4 Å². The number of aromatic nitrogens is 2. The highest BCUT2D eigenvalue weighted by Gasteiger charge is 2.29. The summed E-state index contributed by atoms with van der Waals surface area (Å²) < 4.78 is 59.9. The molecule has 2 aliphatic rings. The standard InChI is InChI=1S/C26H31N5O6S3/c1-19-5-4-16-31(17-19)40(35,36)23-12-8-21(9-13-23)27-24(32)18-38-26-29-28-25(37-26)20-6-10-22(11-7-20)39(33,34)30-14-2-3-15-30/h6-13,19H,2-5,14-18H2,1H3,(H,27,32)/t19-/m0/s1. The van der Waals surface area contributed by atoms with Gasteiger partial charge in [0, 0.05) is 37.4 Å².